The molecule has 0 aliphatic rings. The summed E-state index contributed by atoms with van der Waals surface area (Å²) < 4.78 is 0. The molecule has 0 bridgehead atoms. The second-order valence-corrected chi connectivity index (χ2v) is 16.8. The zero-order valence-electron chi connectivity index (χ0n) is 29.7. The van der Waals surface area contributed by atoms with Gasteiger partial charge in [-0.2, -0.15) is 0 Å². The Labute approximate surface area is 300 Å². The van der Waals surface area contributed by atoms with Crippen LogP contribution in [0.2, 0.25) is 10.0 Å². The molecule has 0 radical (unpaired) electrons. The number of carbonyl (C=O) groups excluding carboxylic acids is 2. The lowest BCUT2D eigenvalue weighted by Crippen LogP contribution is -2.11. The van der Waals surface area contributed by atoms with E-state index in [1.807, 2.05) is 0 Å². The first-order valence-electron chi connectivity index (χ1n) is 19.0. The molecule has 262 valence electrons. The maximum atomic E-state index is 13.4. The fourth-order valence-electron chi connectivity index (χ4n) is 6.54. The van der Waals surface area contributed by atoms with Crippen LogP contribution in [-0.2, 0) is 12.8 Å². The Morgan fingerprint density at radius 1 is 0.500 bits per heavy atom. The molecule has 2 atom stereocenters. The van der Waals surface area contributed by atoms with E-state index in [1.165, 1.54) is 164 Å². The average Bonchev–Trinajstić information content (AvgIpc) is 3.61. The zero-order valence-corrected chi connectivity index (χ0v) is 32.8. The largest absolute Gasteiger partial charge is 0.284 e. The molecule has 0 saturated heterocycles. The third-order valence-electron chi connectivity index (χ3n) is 9.48. The monoisotopic (exact) mass is 710 g/mol. The van der Waals surface area contributed by atoms with Crippen molar-refractivity contribution in [3.63, 3.8) is 0 Å². The van der Waals surface area contributed by atoms with E-state index < -0.39 is 11.6 Å². The van der Waals surface area contributed by atoms with Crippen LogP contribution in [0, 0.1) is 11.8 Å². The first-order chi connectivity index (χ1) is 22.3. The summed E-state index contributed by atoms with van der Waals surface area (Å²) in [4.78, 5) is 29.9. The van der Waals surface area contributed by atoms with E-state index in [4.69, 9.17) is 23.2 Å². The number of ketones is 2. The van der Waals surface area contributed by atoms with Crippen LogP contribution in [0.3, 0.4) is 0 Å². The molecule has 2 aromatic heterocycles. The third kappa shape index (κ3) is 16.1. The molecule has 0 saturated carbocycles. The molecule has 0 spiro atoms. The molecule has 46 heavy (non-hydrogen) atoms. The Balaban J connectivity index is 2.03. The normalized spacial score (nSPS) is 12.9. The minimum absolute atomic E-state index is 0.451. The van der Waals surface area contributed by atoms with Crippen LogP contribution < -0.4 is 0 Å². The van der Waals surface area contributed by atoms with Crippen LogP contribution in [0.4, 0.5) is 0 Å². The molecule has 2 nitrogen and oxygen atoms in total. The van der Waals surface area contributed by atoms with Crippen molar-refractivity contribution in [3.8, 4) is 0 Å². The van der Waals surface area contributed by atoms with Crippen molar-refractivity contribution in [2.24, 2.45) is 11.8 Å². The van der Waals surface area contributed by atoms with E-state index in [1.54, 1.807) is 12.1 Å². The predicted octanol–water partition coefficient (Wildman–Crippen LogP) is 15.2. The van der Waals surface area contributed by atoms with Gasteiger partial charge in [0.25, 0.3) is 0 Å². The number of unbranched alkanes of at least 4 members (excludes halogenated alkanes) is 14. The number of hydrogen-bond donors (Lipinski definition) is 0. The number of halogens is 2. The van der Waals surface area contributed by atoms with Crippen molar-refractivity contribution in [2.75, 3.05) is 0 Å². The van der Waals surface area contributed by atoms with E-state index in [0.717, 1.165) is 22.6 Å². The first-order valence-corrected chi connectivity index (χ1v) is 21.4. The van der Waals surface area contributed by atoms with Gasteiger partial charge in [0, 0.05) is 9.75 Å². The topological polar surface area (TPSA) is 34.1 Å². The Morgan fingerprint density at radius 2 is 0.804 bits per heavy atom. The molecule has 2 unspecified atom stereocenters. The minimum Gasteiger partial charge on any atom is -0.284 e. The van der Waals surface area contributed by atoms with Gasteiger partial charge in [0.1, 0.15) is 0 Å². The summed E-state index contributed by atoms with van der Waals surface area (Å²) in [5, 5.41) is 1.28. The molecular weight excluding hydrogens is 647 g/mol. The number of rotatable bonds is 29. The van der Waals surface area contributed by atoms with E-state index in [2.05, 4.69) is 27.7 Å². The highest BCUT2D eigenvalue weighted by molar-refractivity contribution is 7.18. The molecule has 0 amide bonds. The molecule has 0 aliphatic carbocycles. The highest BCUT2D eigenvalue weighted by atomic mass is 35.5. The fourth-order valence-corrected chi connectivity index (χ4v) is 9.48. The van der Waals surface area contributed by atoms with Gasteiger partial charge in [-0.3, -0.25) is 9.59 Å². The Bertz CT molecular complexity index is 1100. The standard InChI is InChI=1S/C40H64Cl2O2S2/c1-5-9-13-16-18-21-25-31(23-12-8-4)27-35-33(41)29-37(45-35)39(43)40(44)38-30-34(42)36(46-38)28-32(24-20-15-11-7-3)26-22-19-17-14-10-6-2/h29-32H,5-28H2,1-4H3. The summed E-state index contributed by atoms with van der Waals surface area (Å²) in [5.74, 6) is 0.249. The number of Topliss-reactive ketones (excluding diaryl/α,β-unsaturated/α-hetero) is 2. The molecule has 0 aliphatic heterocycles. The SMILES string of the molecule is CCCCCCCCC(CCCC)Cc1sc(C(=O)C(=O)c2cc(Cl)c(CC(CCCCCC)CCCCCCCC)s2)cc1Cl. The van der Waals surface area contributed by atoms with Crippen molar-refractivity contribution in [1.29, 1.82) is 0 Å². The minimum atomic E-state index is -0.452. The summed E-state index contributed by atoms with van der Waals surface area (Å²) >= 11 is 16.3. The average molecular weight is 712 g/mol. The van der Waals surface area contributed by atoms with Crippen molar-refractivity contribution in [3.05, 3.63) is 41.7 Å². The van der Waals surface area contributed by atoms with Gasteiger partial charge in [-0.15, -0.1) is 22.7 Å². The van der Waals surface area contributed by atoms with Crippen LogP contribution in [0.1, 0.15) is 198 Å². The molecule has 2 rings (SSSR count). The van der Waals surface area contributed by atoms with Gasteiger partial charge in [-0.1, -0.05) is 192 Å². The van der Waals surface area contributed by atoms with Gasteiger partial charge >= 0.3 is 0 Å². The Hall–Kier alpha value is -0.680. The van der Waals surface area contributed by atoms with E-state index >= 15 is 0 Å². The first kappa shape index (κ1) is 41.5. The number of thiophene rings is 2. The van der Waals surface area contributed by atoms with Crippen molar-refractivity contribution in [2.45, 2.75) is 182 Å². The van der Waals surface area contributed by atoms with Crippen molar-refractivity contribution >= 4 is 57.4 Å². The van der Waals surface area contributed by atoms with Crippen LogP contribution in [-0.4, -0.2) is 11.6 Å². The Morgan fingerprint density at radius 3 is 1.17 bits per heavy atom. The lowest BCUT2D eigenvalue weighted by atomic mass is 9.91. The lowest BCUT2D eigenvalue weighted by molar-refractivity contribution is 0.0821. The van der Waals surface area contributed by atoms with Crippen molar-refractivity contribution in [1.82, 2.24) is 0 Å². The number of carbonyl (C=O) groups is 2. The van der Waals surface area contributed by atoms with Gasteiger partial charge in [0.2, 0.25) is 11.6 Å². The van der Waals surface area contributed by atoms with Crippen molar-refractivity contribution < 1.29 is 9.59 Å². The lowest BCUT2D eigenvalue weighted by Gasteiger charge is -2.16. The van der Waals surface area contributed by atoms with E-state index in [0.29, 0.717) is 31.6 Å². The van der Waals surface area contributed by atoms with Crippen LogP contribution in [0.25, 0.3) is 0 Å². The highest BCUT2D eigenvalue weighted by Crippen LogP contribution is 2.36. The summed E-state index contributed by atoms with van der Waals surface area (Å²) in [6, 6.07) is 3.46. The molecule has 2 aromatic rings. The quantitative estimate of drug-likeness (QED) is 0.0478. The third-order valence-corrected chi connectivity index (χ3v) is 12.7. The maximum Gasteiger partial charge on any atom is 0.244 e. The Kier molecular flexibility index (Phi) is 22.8. The van der Waals surface area contributed by atoms with Gasteiger partial charge < -0.3 is 0 Å². The molecule has 0 aromatic carbocycles. The van der Waals surface area contributed by atoms with Crippen LogP contribution >= 0.6 is 45.9 Å². The van der Waals surface area contributed by atoms with Crippen LogP contribution in [0.5, 0.6) is 0 Å². The summed E-state index contributed by atoms with van der Waals surface area (Å²) in [7, 11) is 0. The maximum absolute atomic E-state index is 13.4. The highest BCUT2D eigenvalue weighted by Gasteiger charge is 2.26. The van der Waals surface area contributed by atoms with Gasteiger partial charge in [0.15, 0.2) is 0 Å². The van der Waals surface area contributed by atoms with Crippen LogP contribution in [0.15, 0.2) is 12.1 Å². The fraction of sp³-hybridized carbons (Fsp3) is 0.750. The zero-order chi connectivity index (χ0) is 33.6. The molecule has 6 heteroatoms. The van der Waals surface area contributed by atoms with Gasteiger partial charge in [-0.05, 0) is 36.8 Å². The van der Waals surface area contributed by atoms with Gasteiger partial charge in [0.05, 0.1) is 19.8 Å². The van der Waals surface area contributed by atoms with E-state index in [-0.39, 0.29) is 0 Å². The predicted molar refractivity (Wildman–Crippen MR) is 206 cm³/mol. The summed E-state index contributed by atoms with van der Waals surface area (Å²) in [6.07, 6.45) is 29.7. The number of hydrogen-bond acceptors (Lipinski definition) is 4. The summed E-state index contributed by atoms with van der Waals surface area (Å²) in [6.45, 7) is 9.02. The van der Waals surface area contributed by atoms with Gasteiger partial charge in [-0.25, -0.2) is 0 Å². The summed E-state index contributed by atoms with van der Waals surface area (Å²) in [5.41, 5.74) is 0. The smallest absolute Gasteiger partial charge is 0.244 e. The molecule has 0 N–H and O–H groups in total. The van der Waals surface area contributed by atoms with E-state index in [9.17, 15) is 9.59 Å². The molecule has 2 heterocycles. The molecular formula is C40H64Cl2O2S2. The second kappa shape index (κ2) is 25.3. The second-order valence-electron chi connectivity index (χ2n) is 13.7. The molecule has 0 fully saturated rings.